The Labute approximate surface area is 148 Å². The molecule has 0 spiro atoms. The van der Waals surface area contributed by atoms with Crippen molar-refractivity contribution in [2.24, 2.45) is 0 Å². The van der Waals surface area contributed by atoms with E-state index in [1.54, 1.807) is 4.90 Å². The van der Waals surface area contributed by atoms with E-state index in [9.17, 15) is 4.79 Å². The van der Waals surface area contributed by atoms with Crippen LogP contribution in [-0.4, -0.2) is 27.6 Å². The molecule has 0 radical (unpaired) electrons. The molecule has 2 heterocycles. The van der Waals surface area contributed by atoms with E-state index in [0.29, 0.717) is 12.8 Å². The molecule has 0 atom stereocenters. The predicted molar refractivity (Wildman–Crippen MR) is 100 cm³/mol. The van der Waals surface area contributed by atoms with Gasteiger partial charge in [-0.3, -0.25) is 4.79 Å². The van der Waals surface area contributed by atoms with Crippen molar-refractivity contribution >= 4 is 17.2 Å². The number of anilines is 1. The maximum atomic E-state index is 12.6. The van der Waals surface area contributed by atoms with E-state index in [0.717, 1.165) is 34.0 Å². The highest BCUT2D eigenvalue weighted by molar-refractivity contribution is 5.92. The third kappa shape index (κ3) is 3.40. The SMILES string of the molecule is Cc1ccc(N(C)C(=O)CCc2c(C)nc3cc(C)nn3c2C)cc1. The summed E-state index contributed by atoms with van der Waals surface area (Å²) in [5, 5.41) is 4.49. The standard InChI is InChI=1S/C20H24N4O/c1-13-6-8-17(9-7-13)23(5)20(25)11-10-18-15(3)21-19-12-14(2)22-24(19)16(18)4/h6-9,12H,10-11H2,1-5H3. The van der Waals surface area contributed by atoms with Crippen LogP contribution in [0.5, 0.6) is 0 Å². The Bertz CT molecular complexity index is 925. The normalized spacial score (nSPS) is 11.1. The highest BCUT2D eigenvalue weighted by Crippen LogP contribution is 2.19. The summed E-state index contributed by atoms with van der Waals surface area (Å²) in [7, 11) is 1.82. The first-order valence-electron chi connectivity index (χ1n) is 8.52. The molecular formula is C20H24N4O. The predicted octanol–water partition coefficient (Wildman–Crippen LogP) is 3.56. The van der Waals surface area contributed by atoms with Gasteiger partial charge >= 0.3 is 0 Å². The maximum Gasteiger partial charge on any atom is 0.227 e. The van der Waals surface area contributed by atoms with Gasteiger partial charge in [-0.05, 0) is 51.8 Å². The van der Waals surface area contributed by atoms with Gasteiger partial charge in [-0.25, -0.2) is 9.50 Å². The first-order valence-corrected chi connectivity index (χ1v) is 8.52. The van der Waals surface area contributed by atoms with Crippen LogP contribution < -0.4 is 4.90 Å². The molecule has 5 heteroatoms. The number of amides is 1. The molecule has 1 amide bonds. The number of benzene rings is 1. The smallest absolute Gasteiger partial charge is 0.227 e. The van der Waals surface area contributed by atoms with Crippen molar-refractivity contribution in [2.45, 2.75) is 40.5 Å². The van der Waals surface area contributed by atoms with E-state index in [4.69, 9.17) is 0 Å². The number of nitrogens with zero attached hydrogens (tertiary/aromatic N) is 4. The highest BCUT2D eigenvalue weighted by Gasteiger charge is 2.15. The zero-order valence-corrected chi connectivity index (χ0v) is 15.5. The van der Waals surface area contributed by atoms with Crippen LogP contribution in [0.4, 0.5) is 5.69 Å². The molecule has 0 aliphatic carbocycles. The van der Waals surface area contributed by atoms with Crippen LogP contribution in [0, 0.1) is 27.7 Å². The fourth-order valence-corrected chi connectivity index (χ4v) is 3.12. The molecule has 0 saturated carbocycles. The fourth-order valence-electron chi connectivity index (χ4n) is 3.12. The van der Waals surface area contributed by atoms with Gasteiger partial charge in [0.25, 0.3) is 0 Å². The summed E-state index contributed by atoms with van der Waals surface area (Å²) in [6.45, 7) is 8.04. The van der Waals surface area contributed by atoms with Gasteiger partial charge in [-0.1, -0.05) is 17.7 Å². The number of fused-ring (bicyclic) bond motifs is 1. The molecule has 1 aromatic carbocycles. The van der Waals surface area contributed by atoms with Crippen molar-refractivity contribution in [2.75, 3.05) is 11.9 Å². The molecule has 5 nitrogen and oxygen atoms in total. The summed E-state index contributed by atoms with van der Waals surface area (Å²) >= 11 is 0. The second kappa shape index (κ2) is 6.67. The van der Waals surface area contributed by atoms with Crippen LogP contribution in [0.2, 0.25) is 0 Å². The number of carbonyl (C=O) groups excluding carboxylic acids is 1. The number of carbonyl (C=O) groups is 1. The molecule has 0 fully saturated rings. The first-order chi connectivity index (χ1) is 11.9. The second-order valence-electron chi connectivity index (χ2n) is 6.61. The zero-order chi connectivity index (χ0) is 18.1. The van der Waals surface area contributed by atoms with Crippen molar-refractivity contribution in [3.8, 4) is 0 Å². The Balaban J connectivity index is 1.77. The van der Waals surface area contributed by atoms with Crippen LogP contribution in [0.25, 0.3) is 5.65 Å². The summed E-state index contributed by atoms with van der Waals surface area (Å²) in [5.41, 5.74) is 7.03. The van der Waals surface area contributed by atoms with E-state index in [1.807, 2.05) is 69.6 Å². The largest absolute Gasteiger partial charge is 0.315 e. The molecule has 130 valence electrons. The van der Waals surface area contributed by atoms with Gasteiger partial charge in [-0.15, -0.1) is 0 Å². The number of hydrogen-bond donors (Lipinski definition) is 0. The van der Waals surface area contributed by atoms with Crippen LogP contribution in [-0.2, 0) is 11.2 Å². The van der Waals surface area contributed by atoms with Gasteiger partial charge in [0, 0.05) is 36.6 Å². The van der Waals surface area contributed by atoms with Crippen molar-refractivity contribution in [1.29, 1.82) is 0 Å². The molecule has 3 rings (SSSR count). The lowest BCUT2D eigenvalue weighted by atomic mass is 10.1. The number of hydrogen-bond acceptors (Lipinski definition) is 3. The highest BCUT2D eigenvalue weighted by atomic mass is 16.2. The topological polar surface area (TPSA) is 50.5 Å². The summed E-state index contributed by atoms with van der Waals surface area (Å²) in [5.74, 6) is 0.0967. The minimum Gasteiger partial charge on any atom is -0.315 e. The minimum absolute atomic E-state index is 0.0967. The number of rotatable bonds is 4. The van der Waals surface area contributed by atoms with E-state index >= 15 is 0 Å². The molecule has 0 unspecified atom stereocenters. The van der Waals surface area contributed by atoms with E-state index in [-0.39, 0.29) is 5.91 Å². The van der Waals surface area contributed by atoms with Crippen molar-refractivity contribution in [3.63, 3.8) is 0 Å². The summed E-state index contributed by atoms with van der Waals surface area (Å²) < 4.78 is 1.87. The molecule has 25 heavy (non-hydrogen) atoms. The zero-order valence-electron chi connectivity index (χ0n) is 15.5. The third-order valence-corrected chi connectivity index (χ3v) is 4.67. The number of aryl methyl sites for hydroxylation is 4. The molecular weight excluding hydrogens is 312 g/mol. The maximum absolute atomic E-state index is 12.6. The number of aromatic nitrogens is 3. The van der Waals surface area contributed by atoms with Crippen molar-refractivity contribution < 1.29 is 4.79 Å². The Morgan fingerprint density at radius 1 is 1.12 bits per heavy atom. The van der Waals surface area contributed by atoms with Crippen LogP contribution in [0.3, 0.4) is 0 Å². The van der Waals surface area contributed by atoms with Gasteiger partial charge in [0.2, 0.25) is 5.91 Å². The molecule has 0 N–H and O–H groups in total. The molecule has 0 bridgehead atoms. The Morgan fingerprint density at radius 3 is 2.48 bits per heavy atom. The Morgan fingerprint density at radius 2 is 1.80 bits per heavy atom. The van der Waals surface area contributed by atoms with Crippen LogP contribution in [0.1, 0.15) is 34.6 Å². The molecule has 2 aromatic heterocycles. The lowest BCUT2D eigenvalue weighted by Gasteiger charge is -2.18. The average molecular weight is 336 g/mol. The van der Waals surface area contributed by atoms with Gasteiger partial charge < -0.3 is 4.90 Å². The van der Waals surface area contributed by atoms with Gasteiger partial charge in [0.1, 0.15) is 0 Å². The van der Waals surface area contributed by atoms with Crippen LogP contribution >= 0.6 is 0 Å². The van der Waals surface area contributed by atoms with Gasteiger partial charge in [-0.2, -0.15) is 5.10 Å². The van der Waals surface area contributed by atoms with Crippen LogP contribution in [0.15, 0.2) is 30.3 Å². The lowest BCUT2D eigenvalue weighted by molar-refractivity contribution is -0.118. The fraction of sp³-hybridized carbons (Fsp3) is 0.350. The van der Waals surface area contributed by atoms with Crippen molar-refractivity contribution in [1.82, 2.24) is 14.6 Å². The summed E-state index contributed by atoms with van der Waals surface area (Å²) in [4.78, 5) is 18.9. The molecule has 0 aliphatic heterocycles. The van der Waals surface area contributed by atoms with E-state index in [1.165, 1.54) is 5.56 Å². The Kier molecular flexibility index (Phi) is 4.57. The summed E-state index contributed by atoms with van der Waals surface area (Å²) in [6, 6.07) is 9.96. The minimum atomic E-state index is 0.0967. The van der Waals surface area contributed by atoms with E-state index in [2.05, 4.69) is 10.1 Å². The van der Waals surface area contributed by atoms with Gasteiger partial charge in [0.05, 0.1) is 5.69 Å². The Hall–Kier alpha value is -2.69. The summed E-state index contributed by atoms with van der Waals surface area (Å²) in [6.07, 6.45) is 1.11. The van der Waals surface area contributed by atoms with Crippen molar-refractivity contribution in [3.05, 3.63) is 58.5 Å². The molecule has 3 aromatic rings. The average Bonchev–Trinajstić information content (AvgIpc) is 2.95. The molecule has 0 aliphatic rings. The third-order valence-electron chi connectivity index (χ3n) is 4.67. The first kappa shape index (κ1) is 17.1. The van der Waals surface area contributed by atoms with Gasteiger partial charge in [0.15, 0.2) is 5.65 Å². The second-order valence-corrected chi connectivity index (χ2v) is 6.61. The molecule has 0 saturated heterocycles. The van der Waals surface area contributed by atoms with E-state index < -0.39 is 0 Å². The quantitative estimate of drug-likeness (QED) is 0.732. The lowest BCUT2D eigenvalue weighted by Crippen LogP contribution is -2.26. The monoisotopic (exact) mass is 336 g/mol.